The highest BCUT2D eigenvalue weighted by Gasteiger charge is 2.30. The van der Waals surface area contributed by atoms with Crippen LogP contribution in [0.2, 0.25) is 0 Å². The topological polar surface area (TPSA) is 58.6 Å². The van der Waals surface area contributed by atoms with Crippen LogP contribution in [0.3, 0.4) is 0 Å². The molecule has 116 valence electrons. The summed E-state index contributed by atoms with van der Waals surface area (Å²) in [6.07, 6.45) is 2.99. The minimum Gasteiger partial charge on any atom is -0.491 e. The maximum atomic E-state index is 11.9. The number of ether oxygens (including phenoxy) is 1. The summed E-state index contributed by atoms with van der Waals surface area (Å²) in [4.78, 5) is 11.9. The van der Waals surface area contributed by atoms with Crippen molar-refractivity contribution in [2.45, 2.75) is 51.7 Å². The van der Waals surface area contributed by atoms with E-state index in [1.165, 1.54) is 5.56 Å². The fraction of sp³-hybridized carbons (Fsp3) is 0.588. The van der Waals surface area contributed by atoms with Crippen molar-refractivity contribution in [3.63, 3.8) is 0 Å². The fourth-order valence-corrected chi connectivity index (χ4v) is 2.71. The number of carbonyl (C=O) groups is 1. The SMILES string of the molecule is CC(C)Oc1ccc(CCNC(=O)C2CCCC2O)cc1. The van der Waals surface area contributed by atoms with Gasteiger partial charge in [-0.1, -0.05) is 12.1 Å². The molecular formula is C17H25NO3. The smallest absolute Gasteiger partial charge is 0.225 e. The number of amides is 1. The molecule has 0 aromatic heterocycles. The van der Waals surface area contributed by atoms with Crippen LogP contribution in [0, 0.1) is 5.92 Å². The summed E-state index contributed by atoms with van der Waals surface area (Å²) in [6.45, 7) is 4.61. The molecule has 2 unspecified atom stereocenters. The molecule has 1 aliphatic carbocycles. The van der Waals surface area contributed by atoms with Crippen molar-refractivity contribution < 1.29 is 14.6 Å². The molecule has 0 bridgehead atoms. The van der Waals surface area contributed by atoms with Crippen LogP contribution >= 0.6 is 0 Å². The molecule has 1 aromatic carbocycles. The predicted octanol–water partition coefficient (Wildman–Crippen LogP) is 2.29. The third kappa shape index (κ3) is 4.74. The first-order chi connectivity index (χ1) is 10.1. The Kier molecular flexibility index (Phi) is 5.62. The lowest BCUT2D eigenvalue weighted by atomic mass is 10.1. The number of aliphatic hydroxyl groups excluding tert-OH is 1. The maximum Gasteiger partial charge on any atom is 0.225 e. The number of rotatable bonds is 6. The molecule has 4 heteroatoms. The van der Waals surface area contributed by atoms with Gasteiger partial charge in [-0.25, -0.2) is 0 Å². The van der Waals surface area contributed by atoms with Gasteiger partial charge in [0, 0.05) is 6.54 Å². The van der Waals surface area contributed by atoms with E-state index in [1.54, 1.807) is 0 Å². The number of hydrogen-bond acceptors (Lipinski definition) is 3. The van der Waals surface area contributed by atoms with Gasteiger partial charge in [0.25, 0.3) is 0 Å². The van der Waals surface area contributed by atoms with Gasteiger partial charge < -0.3 is 15.2 Å². The van der Waals surface area contributed by atoms with Crippen LogP contribution in [-0.2, 0) is 11.2 Å². The highest BCUT2D eigenvalue weighted by atomic mass is 16.5. The molecule has 2 rings (SSSR count). The lowest BCUT2D eigenvalue weighted by Crippen LogP contribution is -2.35. The molecule has 0 radical (unpaired) electrons. The molecule has 0 spiro atoms. The zero-order valence-electron chi connectivity index (χ0n) is 12.8. The Bertz CT molecular complexity index is 456. The fourth-order valence-electron chi connectivity index (χ4n) is 2.71. The number of aliphatic hydroxyl groups is 1. The Morgan fingerprint density at radius 1 is 1.33 bits per heavy atom. The van der Waals surface area contributed by atoms with E-state index in [0.29, 0.717) is 6.54 Å². The molecule has 0 saturated heterocycles. The van der Waals surface area contributed by atoms with E-state index in [-0.39, 0.29) is 17.9 Å². The molecule has 4 nitrogen and oxygen atoms in total. The maximum absolute atomic E-state index is 11.9. The number of benzene rings is 1. The van der Waals surface area contributed by atoms with E-state index in [9.17, 15) is 9.90 Å². The number of nitrogens with one attached hydrogen (secondary N) is 1. The van der Waals surface area contributed by atoms with Crippen molar-refractivity contribution in [3.05, 3.63) is 29.8 Å². The first kappa shape index (κ1) is 15.8. The van der Waals surface area contributed by atoms with Crippen molar-refractivity contribution in [3.8, 4) is 5.75 Å². The zero-order valence-corrected chi connectivity index (χ0v) is 12.8. The van der Waals surface area contributed by atoms with Gasteiger partial charge in [-0.2, -0.15) is 0 Å². The molecule has 0 heterocycles. The molecule has 1 amide bonds. The average Bonchev–Trinajstić information content (AvgIpc) is 2.86. The van der Waals surface area contributed by atoms with Gasteiger partial charge in [0.1, 0.15) is 5.75 Å². The Hall–Kier alpha value is -1.55. The summed E-state index contributed by atoms with van der Waals surface area (Å²) in [5.74, 6) is 0.637. The van der Waals surface area contributed by atoms with Crippen molar-refractivity contribution in [1.82, 2.24) is 5.32 Å². The Balaban J connectivity index is 1.74. The summed E-state index contributed by atoms with van der Waals surface area (Å²) >= 11 is 0. The Morgan fingerprint density at radius 2 is 2.05 bits per heavy atom. The second-order valence-electron chi connectivity index (χ2n) is 5.96. The van der Waals surface area contributed by atoms with Crippen LogP contribution in [0.1, 0.15) is 38.7 Å². The molecule has 21 heavy (non-hydrogen) atoms. The second-order valence-corrected chi connectivity index (χ2v) is 5.96. The van der Waals surface area contributed by atoms with Gasteiger partial charge in [-0.3, -0.25) is 4.79 Å². The minimum atomic E-state index is -0.461. The molecule has 1 fully saturated rings. The van der Waals surface area contributed by atoms with Crippen LogP contribution in [0.25, 0.3) is 0 Å². The van der Waals surface area contributed by atoms with Gasteiger partial charge >= 0.3 is 0 Å². The first-order valence-electron chi connectivity index (χ1n) is 7.77. The van der Waals surface area contributed by atoms with Crippen LogP contribution < -0.4 is 10.1 Å². The minimum absolute atomic E-state index is 0.0141. The van der Waals surface area contributed by atoms with E-state index in [1.807, 2.05) is 38.1 Å². The van der Waals surface area contributed by atoms with Crippen molar-refractivity contribution in [2.75, 3.05) is 6.54 Å². The molecular weight excluding hydrogens is 266 g/mol. The highest BCUT2D eigenvalue weighted by molar-refractivity contribution is 5.79. The van der Waals surface area contributed by atoms with Crippen LogP contribution in [0.5, 0.6) is 5.75 Å². The molecule has 1 saturated carbocycles. The summed E-state index contributed by atoms with van der Waals surface area (Å²) < 4.78 is 5.59. The standard InChI is InChI=1S/C17H25NO3/c1-12(2)21-14-8-6-13(7-9-14)10-11-18-17(20)15-4-3-5-16(15)19/h6-9,12,15-16,19H,3-5,10-11H2,1-2H3,(H,18,20). The largest absolute Gasteiger partial charge is 0.491 e. The van der Waals surface area contributed by atoms with Crippen molar-refractivity contribution >= 4 is 5.91 Å². The van der Waals surface area contributed by atoms with Gasteiger partial charge in [0.05, 0.1) is 18.1 Å². The quantitative estimate of drug-likeness (QED) is 0.845. The predicted molar refractivity (Wildman–Crippen MR) is 82.3 cm³/mol. The van der Waals surface area contributed by atoms with E-state index in [2.05, 4.69) is 5.32 Å². The van der Waals surface area contributed by atoms with E-state index >= 15 is 0 Å². The summed E-state index contributed by atoms with van der Waals surface area (Å²) in [7, 11) is 0. The highest BCUT2D eigenvalue weighted by Crippen LogP contribution is 2.25. The normalized spacial score (nSPS) is 21.5. The lowest BCUT2D eigenvalue weighted by Gasteiger charge is -2.14. The van der Waals surface area contributed by atoms with Gasteiger partial charge in [-0.05, 0) is 57.2 Å². The van der Waals surface area contributed by atoms with Crippen molar-refractivity contribution in [2.24, 2.45) is 5.92 Å². The Morgan fingerprint density at radius 3 is 2.62 bits per heavy atom. The molecule has 1 aromatic rings. The van der Waals surface area contributed by atoms with Crippen LogP contribution in [-0.4, -0.2) is 29.8 Å². The van der Waals surface area contributed by atoms with Crippen LogP contribution in [0.15, 0.2) is 24.3 Å². The third-order valence-corrected chi connectivity index (χ3v) is 3.82. The summed E-state index contributed by atoms with van der Waals surface area (Å²) in [6, 6.07) is 7.96. The monoisotopic (exact) mass is 291 g/mol. The first-order valence-corrected chi connectivity index (χ1v) is 7.77. The molecule has 2 N–H and O–H groups in total. The van der Waals surface area contributed by atoms with Crippen molar-refractivity contribution in [1.29, 1.82) is 0 Å². The van der Waals surface area contributed by atoms with Gasteiger partial charge in [0.15, 0.2) is 0 Å². The zero-order chi connectivity index (χ0) is 15.2. The van der Waals surface area contributed by atoms with Gasteiger partial charge in [-0.15, -0.1) is 0 Å². The summed E-state index contributed by atoms with van der Waals surface area (Å²) in [5, 5.41) is 12.6. The number of hydrogen-bond donors (Lipinski definition) is 2. The van der Waals surface area contributed by atoms with E-state index in [4.69, 9.17) is 4.74 Å². The van der Waals surface area contributed by atoms with Gasteiger partial charge in [0.2, 0.25) is 5.91 Å². The molecule has 0 aliphatic heterocycles. The Labute approximate surface area is 126 Å². The van der Waals surface area contributed by atoms with E-state index in [0.717, 1.165) is 31.4 Å². The average molecular weight is 291 g/mol. The van der Waals surface area contributed by atoms with Crippen LogP contribution in [0.4, 0.5) is 0 Å². The molecule has 2 atom stereocenters. The van der Waals surface area contributed by atoms with E-state index < -0.39 is 6.10 Å². The number of carbonyl (C=O) groups excluding carboxylic acids is 1. The lowest BCUT2D eigenvalue weighted by molar-refractivity contribution is -0.127. The molecule has 1 aliphatic rings. The third-order valence-electron chi connectivity index (χ3n) is 3.82. The summed E-state index contributed by atoms with van der Waals surface area (Å²) in [5.41, 5.74) is 1.17. The second kappa shape index (κ2) is 7.46.